The fourth-order valence-corrected chi connectivity index (χ4v) is 4.61. The molecule has 2 aromatic rings. The maximum atomic E-state index is 10.8. The van der Waals surface area contributed by atoms with Gasteiger partial charge in [0.1, 0.15) is 0 Å². The van der Waals surface area contributed by atoms with Crippen LogP contribution < -0.4 is 10.6 Å². The molecule has 33 heavy (non-hydrogen) atoms. The molecule has 0 aliphatic heterocycles. The Bertz CT molecular complexity index is 900. The van der Waals surface area contributed by atoms with Crippen molar-refractivity contribution >= 4 is 36.9 Å². The van der Waals surface area contributed by atoms with Crippen LogP contribution in [0.2, 0.25) is 0 Å². The summed E-state index contributed by atoms with van der Waals surface area (Å²) in [6.07, 6.45) is 12.6. The molecule has 2 aliphatic rings. The third-order valence-electron chi connectivity index (χ3n) is 6.50. The lowest BCUT2D eigenvalue weighted by Gasteiger charge is -2.30. The van der Waals surface area contributed by atoms with E-state index in [1.807, 2.05) is 0 Å². The van der Waals surface area contributed by atoms with Crippen LogP contribution in [0.4, 0.5) is 0 Å². The number of hydrogen-bond donors (Lipinski definition) is 3. The summed E-state index contributed by atoms with van der Waals surface area (Å²) in [5.74, 6) is -0.557. The Labute approximate surface area is 208 Å². The molecule has 1 aromatic heterocycles. The van der Waals surface area contributed by atoms with Crippen LogP contribution in [-0.4, -0.2) is 39.2 Å². The third-order valence-corrected chi connectivity index (χ3v) is 6.50. The van der Waals surface area contributed by atoms with Crippen LogP contribution in [0.5, 0.6) is 0 Å². The Kier molecular flexibility index (Phi) is 10.8. The van der Waals surface area contributed by atoms with Crippen LogP contribution in [0.1, 0.15) is 67.2 Å². The normalized spacial score (nSPS) is 24.3. The van der Waals surface area contributed by atoms with Crippen molar-refractivity contribution in [3.63, 3.8) is 0 Å². The molecule has 4 rings (SSSR count). The molecule has 1 unspecified atom stereocenters. The summed E-state index contributed by atoms with van der Waals surface area (Å²) in [7, 11) is 0. The molecule has 6 nitrogen and oxygen atoms in total. The number of carboxylic acids is 1. The fourth-order valence-electron chi connectivity index (χ4n) is 4.61. The van der Waals surface area contributed by atoms with Crippen molar-refractivity contribution in [2.75, 3.05) is 0 Å². The van der Waals surface area contributed by atoms with Gasteiger partial charge < -0.3 is 15.7 Å². The summed E-state index contributed by atoms with van der Waals surface area (Å²) in [6.45, 7) is 2.94. The van der Waals surface area contributed by atoms with Gasteiger partial charge in [-0.15, -0.1) is 24.8 Å². The molecule has 0 radical (unpaired) electrons. The van der Waals surface area contributed by atoms with E-state index in [1.54, 1.807) is 18.0 Å². The van der Waals surface area contributed by atoms with Crippen molar-refractivity contribution in [2.24, 2.45) is 5.92 Å². The van der Waals surface area contributed by atoms with Gasteiger partial charge in [0, 0.05) is 42.6 Å². The highest BCUT2D eigenvalue weighted by atomic mass is 35.5. The molecule has 0 amide bonds. The molecule has 0 bridgehead atoms. The van der Waals surface area contributed by atoms with Crippen molar-refractivity contribution in [1.29, 1.82) is 0 Å². The minimum Gasteiger partial charge on any atom is -0.475 e. The molecular formula is C25H34Cl2N4O2. The number of benzene rings is 1. The standard InChI is InChI=1S/C25H32N4O2.2ClH/c1-2-19(12-17-6-4-3-5-7-17)22-13-23(22)29-21-10-8-20(9-11-21)26-14-18-15-27-24(25(30)31)28-16-18;;/h3-7,12,15-16,20-23,26,29H,2,8-11,13-14H2,1H3,(H,30,31);2*1H/t20?,21?,22?,23-;;/m0../s1. The van der Waals surface area contributed by atoms with Crippen LogP contribution in [0.15, 0.2) is 48.3 Å². The summed E-state index contributed by atoms with van der Waals surface area (Å²) in [5.41, 5.74) is 3.79. The summed E-state index contributed by atoms with van der Waals surface area (Å²) in [5, 5.41) is 16.4. The van der Waals surface area contributed by atoms with E-state index in [-0.39, 0.29) is 30.6 Å². The Morgan fingerprint density at radius 2 is 1.70 bits per heavy atom. The van der Waals surface area contributed by atoms with E-state index < -0.39 is 5.97 Å². The van der Waals surface area contributed by atoms with E-state index in [1.165, 1.54) is 24.8 Å². The highest BCUT2D eigenvalue weighted by Gasteiger charge is 2.40. The lowest BCUT2D eigenvalue weighted by molar-refractivity contribution is 0.0683. The summed E-state index contributed by atoms with van der Waals surface area (Å²) < 4.78 is 0. The maximum Gasteiger partial charge on any atom is 0.373 e. The minimum atomic E-state index is -1.09. The first kappa shape index (κ1) is 27.3. The maximum absolute atomic E-state index is 10.8. The van der Waals surface area contributed by atoms with Crippen LogP contribution in [0.3, 0.4) is 0 Å². The summed E-state index contributed by atoms with van der Waals surface area (Å²) >= 11 is 0. The molecule has 2 aliphatic carbocycles. The molecule has 2 fully saturated rings. The van der Waals surface area contributed by atoms with Crippen LogP contribution in [-0.2, 0) is 6.54 Å². The first-order valence-corrected chi connectivity index (χ1v) is 11.4. The van der Waals surface area contributed by atoms with E-state index in [2.05, 4.69) is 63.9 Å². The smallest absolute Gasteiger partial charge is 0.373 e. The highest BCUT2D eigenvalue weighted by Crippen LogP contribution is 2.40. The van der Waals surface area contributed by atoms with Crippen LogP contribution in [0, 0.1) is 5.92 Å². The monoisotopic (exact) mass is 492 g/mol. The average molecular weight is 493 g/mol. The first-order valence-electron chi connectivity index (χ1n) is 11.4. The number of carboxylic acid groups (broad SMARTS) is 1. The van der Waals surface area contributed by atoms with Crippen molar-refractivity contribution in [1.82, 2.24) is 20.6 Å². The predicted octanol–water partition coefficient (Wildman–Crippen LogP) is 4.89. The largest absolute Gasteiger partial charge is 0.475 e. The summed E-state index contributed by atoms with van der Waals surface area (Å²) in [4.78, 5) is 18.6. The number of aromatic nitrogens is 2. The second-order valence-electron chi connectivity index (χ2n) is 8.75. The van der Waals surface area contributed by atoms with Crippen molar-refractivity contribution < 1.29 is 9.90 Å². The molecule has 2 saturated carbocycles. The highest BCUT2D eigenvalue weighted by molar-refractivity contribution is 5.85. The Morgan fingerprint density at radius 3 is 2.30 bits per heavy atom. The van der Waals surface area contributed by atoms with Crippen molar-refractivity contribution in [2.45, 2.75) is 70.1 Å². The quantitative estimate of drug-likeness (QED) is 0.461. The van der Waals surface area contributed by atoms with Crippen LogP contribution >= 0.6 is 24.8 Å². The second-order valence-corrected chi connectivity index (χ2v) is 8.75. The van der Waals surface area contributed by atoms with Gasteiger partial charge in [0.05, 0.1) is 0 Å². The number of nitrogens with one attached hydrogen (secondary N) is 2. The van der Waals surface area contributed by atoms with Gasteiger partial charge in [-0.05, 0) is 50.0 Å². The lowest BCUT2D eigenvalue weighted by atomic mass is 9.91. The van der Waals surface area contributed by atoms with Gasteiger partial charge in [0.25, 0.3) is 0 Å². The van der Waals surface area contributed by atoms with E-state index >= 15 is 0 Å². The van der Waals surface area contributed by atoms with Gasteiger partial charge >= 0.3 is 5.97 Å². The van der Waals surface area contributed by atoms with E-state index in [9.17, 15) is 4.79 Å². The summed E-state index contributed by atoms with van der Waals surface area (Å²) in [6, 6.07) is 12.4. The second kappa shape index (κ2) is 13.0. The zero-order valence-electron chi connectivity index (χ0n) is 18.9. The van der Waals surface area contributed by atoms with Gasteiger partial charge in [0.2, 0.25) is 5.82 Å². The SMILES string of the molecule is CCC(=Cc1ccccc1)C1C[C@@H]1NC1CCC(NCc2cnc(C(=O)O)nc2)CC1.Cl.Cl. The lowest BCUT2D eigenvalue weighted by Crippen LogP contribution is -2.40. The minimum absolute atomic E-state index is 0. The fraction of sp³-hybridized carbons (Fsp3) is 0.480. The van der Waals surface area contributed by atoms with E-state index in [0.717, 1.165) is 24.8 Å². The van der Waals surface area contributed by atoms with Gasteiger partial charge in [0.15, 0.2) is 0 Å². The molecule has 1 heterocycles. The molecule has 0 saturated heterocycles. The number of halogens is 2. The Balaban J connectivity index is 0.00000193. The molecule has 1 aromatic carbocycles. The van der Waals surface area contributed by atoms with Gasteiger partial charge in [-0.25, -0.2) is 14.8 Å². The first-order chi connectivity index (χ1) is 15.1. The number of hydrogen-bond acceptors (Lipinski definition) is 5. The number of rotatable bonds is 9. The van der Waals surface area contributed by atoms with Gasteiger partial charge in [-0.3, -0.25) is 0 Å². The number of aromatic carboxylic acids is 1. The van der Waals surface area contributed by atoms with Gasteiger partial charge in [-0.2, -0.15) is 0 Å². The topological polar surface area (TPSA) is 87.1 Å². The molecule has 3 N–H and O–H groups in total. The third kappa shape index (κ3) is 7.78. The molecular weight excluding hydrogens is 459 g/mol. The predicted molar refractivity (Wildman–Crippen MR) is 136 cm³/mol. The number of nitrogens with zero attached hydrogens (tertiary/aromatic N) is 2. The molecule has 180 valence electrons. The van der Waals surface area contributed by atoms with Crippen molar-refractivity contribution in [3.05, 3.63) is 65.2 Å². The Hall–Kier alpha value is -1.99. The zero-order chi connectivity index (χ0) is 21.6. The average Bonchev–Trinajstić information content (AvgIpc) is 3.56. The zero-order valence-corrected chi connectivity index (χ0v) is 20.6. The molecule has 8 heteroatoms. The molecule has 0 spiro atoms. The van der Waals surface area contributed by atoms with Gasteiger partial charge in [-0.1, -0.05) is 48.9 Å². The molecule has 2 atom stereocenters. The van der Waals surface area contributed by atoms with E-state index in [0.29, 0.717) is 30.6 Å². The van der Waals surface area contributed by atoms with Crippen molar-refractivity contribution in [3.8, 4) is 0 Å². The van der Waals surface area contributed by atoms with Crippen LogP contribution in [0.25, 0.3) is 6.08 Å². The van der Waals surface area contributed by atoms with E-state index in [4.69, 9.17) is 5.11 Å². The Morgan fingerprint density at radius 1 is 1.06 bits per heavy atom. The number of carbonyl (C=O) groups is 1.